The number of nitrogens with zero attached hydrogens (tertiary/aromatic N) is 5. The third-order valence-corrected chi connectivity index (χ3v) is 5.51. The zero-order valence-electron chi connectivity index (χ0n) is 17.5. The Kier molecular flexibility index (Phi) is 6.29. The van der Waals surface area contributed by atoms with E-state index in [2.05, 4.69) is 15.3 Å². The Labute approximate surface area is 186 Å². The maximum atomic E-state index is 13.1. The molecule has 0 saturated carbocycles. The molecule has 9 nitrogen and oxygen atoms in total. The summed E-state index contributed by atoms with van der Waals surface area (Å²) >= 11 is 0. The number of benzene rings is 2. The van der Waals surface area contributed by atoms with Gasteiger partial charge in [-0.2, -0.15) is 18.3 Å². The van der Waals surface area contributed by atoms with Crippen LogP contribution in [0.5, 0.6) is 0 Å². The summed E-state index contributed by atoms with van der Waals surface area (Å²) in [4.78, 5) is 26.8. The highest BCUT2D eigenvalue weighted by atomic mass is 19.4. The van der Waals surface area contributed by atoms with Crippen molar-refractivity contribution in [3.05, 3.63) is 64.3 Å². The molecule has 1 N–H and O–H groups in total. The number of aromatic nitrogens is 2. The van der Waals surface area contributed by atoms with Crippen LogP contribution in [0.4, 0.5) is 24.5 Å². The molecular weight excluding hydrogens is 441 g/mol. The van der Waals surface area contributed by atoms with Gasteiger partial charge < -0.3 is 5.32 Å². The van der Waals surface area contributed by atoms with E-state index < -0.39 is 22.6 Å². The largest absolute Gasteiger partial charge is 0.418 e. The molecule has 1 aromatic heterocycles. The number of halogens is 3. The Morgan fingerprint density at radius 3 is 2.48 bits per heavy atom. The van der Waals surface area contributed by atoms with Crippen molar-refractivity contribution in [1.29, 1.82) is 0 Å². The molecule has 0 unspecified atom stereocenters. The van der Waals surface area contributed by atoms with Crippen LogP contribution in [0.1, 0.15) is 5.56 Å². The van der Waals surface area contributed by atoms with Crippen molar-refractivity contribution in [2.45, 2.75) is 12.8 Å². The molecule has 1 fully saturated rings. The van der Waals surface area contributed by atoms with E-state index in [1.807, 2.05) is 4.90 Å². The number of hydrogen-bond donors (Lipinski definition) is 1. The molecule has 2 heterocycles. The normalized spacial score (nSPS) is 15.6. The summed E-state index contributed by atoms with van der Waals surface area (Å²) in [6.07, 6.45) is -2.96. The van der Waals surface area contributed by atoms with Crippen LogP contribution in [0.15, 0.2) is 48.7 Å². The molecule has 3 aromatic rings. The number of nitrogens with one attached hydrogen (secondary N) is 1. The minimum absolute atomic E-state index is 0.00556. The molecule has 1 amide bonds. The molecule has 33 heavy (non-hydrogen) atoms. The molecule has 0 radical (unpaired) electrons. The molecule has 0 spiro atoms. The minimum atomic E-state index is -4.54. The SMILES string of the molecule is O=C(CN1CCN(Cn2ncc3cc([N+](=O)[O-])ccc32)CC1)Nc1ccccc1C(F)(F)F. The lowest BCUT2D eigenvalue weighted by atomic mass is 10.1. The maximum absolute atomic E-state index is 13.1. The Hall–Kier alpha value is -3.51. The summed E-state index contributed by atoms with van der Waals surface area (Å²) in [5.74, 6) is -0.500. The van der Waals surface area contributed by atoms with E-state index in [1.54, 1.807) is 16.9 Å². The van der Waals surface area contributed by atoms with Crippen LogP contribution < -0.4 is 5.32 Å². The van der Waals surface area contributed by atoms with Crippen LogP contribution in [0.3, 0.4) is 0 Å². The second kappa shape index (κ2) is 9.16. The first-order valence-electron chi connectivity index (χ1n) is 10.2. The topological polar surface area (TPSA) is 96.5 Å². The van der Waals surface area contributed by atoms with Crippen LogP contribution >= 0.6 is 0 Å². The van der Waals surface area contributed by atoms with Crippen LogP contribution in [0.2, 0.25) is 0 Å². The molecule has 0 aliphatic carbocycles. The van der Waals surface area contributed by atoms with Gasteiger partial charge in [0.2, 0.25) is 5.91 Å². The summed E-state index contributed by atoms with van der Waals surface area (Å²) in [7, 11) is 0. The van der Waals surface area contributed by atoms with Crippen molar-refractivity contribution in [3.63, 3.8) is 0 Å². The lowest BCUT2D eigenvalue weighted by molar-refractivity contribution is -0.384. The van der Waals surface area contributed by atoms with Gasteiger partial charge in [-0.25, -0.2) is 0 Å². The predicted octanol–water partition coefficient (Wildman–Crippen LogP) is 3.18. The molecule has 174 valence electrons. The quantitative estimate of drug-likeness (QED) is 0.447. The van der Waals surface area contributed by atoms with Crippen molar-refractivity contribution >= 4 is 28.2 Å². The number of piperazine rings is 1. The fourth-order valence-electron chi connectivity index (χ4n) is 3.81. The second-order valence-corrected chi connectivity index (χ2v) is 7.77. The molecule has 1 saturated heterocycles. The number of carbonyl (C=O) groups is 1. The number of amides is 1. The van der Waals surface area contributed by atoms with Crippen molar-refractivity contribution in [3.8, 4) is 0 Å². The minimum Gasteiger partial charge on any atom is -0.324 e. The molecular formula is C21H21F3N6O3. The van der Waals surface area contributed by atoms with Crippen molar-refractivity contribution in [2.75, 3.05) is 38.0 Å². The van der Waals surface area contributed by atoms with Crippen LogP contribution in [0.25, 0.3) is 10.9 Å². The molecule has 0 atom stereocenters. The predicted molar refractivity (Wildman–Crippen MR) is 114 cm³/mol. The van der Waals surface area contributed by atoms with Crippen LogP contribution in [0, 0.1) is 10.1 Å². The van der Waals surface area contributed by atoms with Crippen molar-refractivity contribution < 1.29 is 22.9 Å². The molecule has 1 aliphatic rings. The highest BCUT2D eigenvalue weighted by Crippen LogP contribution is 2.34. The van der Waals surface area contributed by atoms with Gasteiger partial charge in [0.05, 0.1) is 41.1 Å². The van der Waals surface area contributed by atoms with Gasteiger partial charge >= 0.3 is 6.18 Å². The lowest BCUT2D eigenvalue weighted by Gasteiger charge is -2.34. The summed E-state index contributed by atoms with van der Waals surface area (Å²) in [6.45, 7) is 2.90. The van der Waals surface area contributed by atoms with Crippen molar-refractivity contribution in [2.24, 2.45) is 0 Å². The zero-order valence-corrected chi connectivity index (χ0v) is 17.5. The van der Waals surface area contributed by atoms with Gasteiger partial charge in [-0.1, -0.05) is 12.1 Å². The zero-order chi connectivity index (χ0) is 23.6. The summed E-state index contributed by atoms with van der Waals surface area (Å²) < 4.78 is 41.1. The van der Waals surface area contributed by atoms with Gasteiger partial charge in [-0.3, -0.25) is 29.4 Å². The molecule has 4 rings (SSSR count). The van der Waals surface area contributed by atoms with Gasteiger partial charge in [-0.05, 0) is 18.2 Å². The highest BCUT2D eigenvalue weighted by molar-refractivity contribution is 5.93. The molecule has 12 heteroatoms. The van der Waals surface area contributed by atoms with E-state index in [4.69, 9.17) is 0 Å². The van der Waals surface area contributed by atoms with Crippen LogP contribution in [-0.2, 0) is 17.6 Å². The first-order valence-corrected chi connectivity index (χ1v) is 10.2. The number of nitro groups is 1. The molecule has 1 aliphatic heterocycles. The second-order valence-electron chi connectivity index (χ2n) is 7.77. The van der Waals surface area contributed by atoms with Crippen LogP contribution in [-0.4, -0.2) is 63.1 Å². The van der Waals surface area contributed by atoms with E-state index in [9.17, 15) is 28.1 Å². The number of anilines is 1. The third kappa shape index (κ3) is 5.29. The summed E-state index contributed by atoms with van der Waals surface area (Å²) in [5, 5.41) is 18.3. The number of rotatable bonds is 6. The monoisotopic (exact) mass is 462 g/mol. The standard InChI is InChI=1S/C21H21F3N6O3/c22-21(23,24)17-3-1-2-4-18(17)26-20(31)13-27-7-9-28(10-8-27)14-29-19-6-5-16(30(32)33)11-15(19)12-25-29/h1-6,11-12H,7-10,13-14H2,(H,26,31). The molecule has 0 bridgehead atoms. The Morgan fingerprint density at radius 1 is 1.09 bits per heavy atom. The number of para-hydroxylation sites is 1. The van der Waals surface area contributed by atoms with E-state index in [1.165, 1.54) is 30.3 Å². The smallest absolute Gasteiger partial charge is 0.324 e. The third-order valence-electron chi connectivity index (χ3n) is 5.51. The average Bonchev–Trinajstić information content (AvgIpc) is 3.16. The first kappa shape index (κ1) is 22.7. The Morgan fingerprint density at radius 2 is 1.79 bits per heavy atom. The van der Waals surface area contributed by atoms with E-state index in [-0.39, 0.29) is 17.9 Å². The van der Waals surface area contributed by atoms with Gasteiger partial charge in [-0.15, -0.1) is 0 Å². The Bertz CT molecular complexity index is 1170. The molecule has 2 aromatic carbocycles. The first-order chi connectivity index (χ1) is 15.7. The summed E-state index contributed by atoms with van der Waals surface area (Å²) in [6, 6.07) is 9.48. The van der Waals surface area contributed by atoms with E-state index in [0.29, 0.717) is 38.2 Å². The number of carbonyl (C=O) groups excluding carboxylic acids is 1. The number of fused-ring (bicyclic) bond motifs is 1. The summed E-state index contributed by atoms with van der Waals surface area (Å²) in [5.41, 5.74) is -0.336. The maximum Gasteiger partial charge on any atom is 0.418 e. The highest BCUT2D eigenvalue weighted by Gasteiger charge is 2.33. The van der Waals surface area contributed by atoms with Gasteiger partial charge in [0, 0.05) is 43.7 Å². The van der Waals surface area contributed by atoms with E-state index >= 15 is 0 Å². The number of hydrogen-bond acceptors (Lipinski definition) is 6. The fraction of sp³-hybridized carbons (Fsp3) is 0.333. The number of non-ortho nitro benzene ring substituents is 1. The van der Waals surface area contributed by atoms with Crippen molar-refractivity contribution in [1.82, 2.24) is 19.6 Å². The lowest BCUT2D eigenvalue weighted by Crippen LogP contribution is -2.49. The average molecular weight is 462 g/mol. The van der Waals surface area contributed by atoms with Gasteiger partial charge in [0.25, 0.3) is 5.69 Å². The Balaban J connectivity index is 1.30. The van der Waals surface area contributed by atoms with Gasteiger partial charge in [0.1, 0.15) is 0 Å². The fourth-order valence-corrected chi connectivity index (χ4v) is 3.81. The number of alkyl halides is 3. The van der Waals surface area contributed by atoms with E-state index in [0.717, 1.165) is 11.6 Å². The van der Waals surface area contributed by atoms with Gasteiger partial charge in [0.15, 0.2) is 0 Å². The number of nitro benzene ring substituents is 1.